The summed E-state index contributed by atoms with van der Waals surface area (Å²) in [6.07, 6.45) is 2.26. The Kier molecular flexibility index (Phi) is 4.17. The fraction of sp³-hybridized carbons (Fsp3) is 0.846. The highest BCUT2D eigenvalue weighted by Crippen LogP contribution is 2.25. The molecule has 98 valence electrons. The van der Waals surface area contributed by atoms with Crippen LogP contribution in [0.25, 0.3) is 0 Å². The van der Waals surface area contributed by atoms with E-state index in [2.05, 4.69) is 5.32 Å². The van der Waals surface area contributed by atoms with Gasteiger partial charge in [-0.3, -0.25) is 9.59 Å². The van der Waals surface area contributed by atoms with Crippen molar-refractivity contribution in [1.29, 1.82) is 0 Å². The van der Waals surface area contributed by atoms with Gasteiger partial charge in [0.25, 0.3) is 0 Å². The van der Waals surface area contributed by atoms with Gasteiger partial charge in [-0.1, -0.05) is 20.3 Å². The number of hydrogen-bond acceptors (Lipinski definition) is 2. The third kappa shape index (κ3) is 2.45. The van der Waals surface area contributed by atoms with Crippen LogP contribution in [0.4, 0.5) is 0 Å². The van der Waals surface area contributed by atoms with Gasteiger partial charge in [0, 0.05) is 6.04 Å². The monoisotopic (exact) mass is 240 g/mol. The molecule has 2 unspecified atom stereocenters. The third-order valence-corrected chi connectivity index (χ3v) is 3.57. The second-order valence-electron chi connectivity index (χ2n) is 5.29. The van der Waals surface area contributed by atoms with Gasteiger partial charge in [0.1, 0.15) is 11.6 Å². The van der Waals surface area contributed by atoms with Gasteiger partial charge in [-0.15, -0.1) is 0 Å². The Morgan fingerprint density at radius 2 is 1.94 bits per heavy atom. The van der Waals surface area contributed by atoms with E-state index in [-0.39, 0.29) is 23.9 Å². The summed E-state index contributed by atoms with van der Waals surface area (Å²) in [6, 6.07) is -0.233. The average molecular weight is 240 g/mol. The number of carbonyl (C=O) groups excluding carboxylic acids is 2. The SMILES string of the molecule is CCCC1C(=O)NC(C)(CC)C(=O)N1C(C)C. The van der Waals surface area contributed by atoms with E-state index in [1.54, 1.807) is 4.90 Å². The molecule has 0 spiro atoms. The molecular weight excluding hydrogens is 216 g/mol. The first-order valence-corrected chi connectivity index (χ1v) is 6.52. The van der Waals surface area contributed by atoms with Gasteiger partial charge in [-0.25, -0.2) is 0 Å². The van der Waals surface area contributed by atoms with E-state index < -0.39 is 5.54 Å². The van der Waals surface area contributed by atoms with Crippen LogP contribution in [-0.4, -0.2) is 34.3 Å². The molecule has 0 bridgehead atoms. The Labute approximate surface area is 104 Å². The van der Waals surface area contributed by atoms with Crippen LogP contribution in [0.3, 0.4) is 0 Å². The number of piperazine rings is 1. The van der Waals surface area contributed by atoms with E-state index in [0.717, 1.165) is 12.8 Å². The van der Waals surface area contributed by atoms with Crippen LogP contribution >= 0.6 is 0 Å². The van der Waals surface area contributed by atoms with Crippen molar-refractivity contribution in [3.63, 3.8) is 0 Å². The summed E-state index contributed by atoms with van der Waals surface area (Å²) < 4.78 is 0. The smallest absolute Gasteiger partial charge is 0.248 e. The lowest BCUT2D eigenvalue weighted by molar-refractivity contribution is -0.157. The molecule has 1 aliphatic rings. The maximum absolute atomic E-state index is 12.5. The zero-order chi connectivity index (χ0) is 13.2. The highest BCUT2D eigenvalue weighted by atomic mass is 16.2. The predicted octanol–water partition coefficient (Wildman–Crippen LogP) is 1.69. The standard InChI is InChI=1S/C13H24N2O2/c1-6-8-10-11(16)14-13(5,7-2)12(17)15(10)9(3)4/h9-10H,6-8H2,1-5H3,(H,14,16). The van der Waals surface area contributed by atoms with Crippen molar-refractivity contribution in [3.05, 3.63) is 0 Å². The number of carbonyl (C=O) groups is 2. The lowest BCUT2D eigenvalue weighted by Gasteiger charge is -2.46. The highest BCUT2D eigenvalue weighted by Gasteiger charge is 2.47. The first-order chi connectivity index (χ1) is 7.87. The van der Waals surface area contributed by atoms with Crippen molar-refractivity contribution in [2.45, 2.75) is 71.5 Å². The molecule has 0 saturated carbocycles. The van der Waals surface area contributed by atoms with Crippen LogP contribution < -0.4 is 5.32 Å². The Bertz CT molecular complexity index is 315. The van der Waals surface area contributed by atoms with E-state index in [1.165, 1.54) is 0 Å². The first kappa shape index (κ1) is 14.0. The second kappa shape index (κ2) is 5.07. The maximum Gasteiger partial charge on any atom is 0.248 e. The molecule has 0 aromatic rings. The van der Waals surface area contributed by atoms with E-state index >= 15 is 0 Å². The van der Waals surface area contributed by atoms with Crippen LogP contribution in [0.2, 0.25) is 0 Å². The largest absolute Gasteiger partial charge is 0.340 e. The van der Waals surface area contributed by atoms with Gasteiger partial charge in [-0.05, 0) is 33.6 Å². The Hall–Kier alpha value is -1.06. The highest BCUT2D eigenvalue weighted by molar-refractivity contribution is 5.99. The summed E-state index contributed by atoms with van der Waals surface area (Å²) in [6.45, 7) is 9.70. The van der Waals surface area contributed by atoms with Crippen molar-refractivity contribution in [1.82, 2.24) is 10.2 Å². The van der Waals surface area contributed by atoms with Crippen LogP contribution in [-0.2, 0) is 9.59 Å². The number of nitrogens with zero attached hydrogens (tertiary/aromatic N) is 1. The molecule has 4 nitrogen and oxygen atoms in total. The minimum Gasteiger partial charge on any atom is -0.340 e. The topological polar surface area (TPSA) is 49.4 Å². The molecule has 2 atom stereocenters. The molecule has 1 N–H and O–H groups in total. The lowest BCUT2D eigenvalue weighted by Crippen LogP contribution is -2.70. The van der Waals surface area contributed by atoms with Crippen molar-refractivity contribution in [2.24, 2.45) is 0 Å². The molecular formula is C13H24N2O2. The summed E-state index contributed by atoms with van der Waals surface area (Å²) in [5, 5.41) is 2.88. The molecule has 0 radical (unpaired) electrons. The zero-order valence-electron chi connectivity index (χ0n) is 11.5. The summed E-state index contributed by atoms with van der Waals surface area (Å²) >= 11 is 0. The minimum absolute atomic E-state index is 0.00972. The molecule has 1 aliphatic heterocycles. The van der Waals surface area contributed by atoms with E-state index in [9.17, 15) is 9.59 Å². The van der Waals surface area contributed by atoms with Gasteiger partial charge in [0.2, 0.25) is 11.8 Å². The molecule has 1 fully saturated rings. The van der Waals surface area contributed by atoms with Gasteiger partial charge in [-0.2, -0.15) is 0 Å². The summed E-state index contributed by atoms with van der Waals surface area (Å²) in [7, 11) is 0. The zero-order valence-corrected chi connectivity index (χ0v) is 11.5. The summed E-state index contributed by atoms with van der Waals surface area (Å²) in [4.78, 5) is 26.3. The number of hydrogen-bond donors (Lipinski definition) is 1. The summed E-state index contributed by atoms with van der Waals surface area (Å²) in [5.41, 5.74) is -0.731. The van der Waals surface area contributed by atoms with Gasteiger partial charge < -0.3 is 10.2 Å². The number of rotatable bonds is 4. The molecule has 1 heterocycles. The molecule has 0 aromatic carbocycles. The van der Waals surface area contributed by atoms with Crippen molar-refractivity contribution in [3.8, 4) is 0 Å². The Balaban J connectivity index is 3.06. The Morgan fingerprint density at radius 3 is 2.35 bits per heavy atom. The third-order valence-electron chi connectivity index (χ3n) is 3.57. The van der Waals surface area contributed by atoms with Gasteiger partial charge in [0.15, 0.2) is 0 Å². The van der Waals surface area contributed by atoms with Crippen LogP contribution in [0, 0.1) is 0 Å². The van der Waals surface area contributed by atoms with Crippen LogP contribution in [0.1, 0.15) is 53.9 Å². The van der Waals surface area contributed by atoms with E-state index in [4.69, 9.17) is 0 Å². The predicted molar refractivity (Wildman–Crippen MR) is 67.5 cm³/mol. The molecule has 0 aliphatic carbocycles. The fourth-order valence-corrected chi connectivity index (χ4v) is 2.34. The van der Waals surface area contributed by atoms with Gasteiger partial charge >= 0.3 is 0 Å². The fourth-order valence-electron chi connectivity index (χ4n) is 2.34. The molecule has 4 heteroatoms. The van der Waals surface area contributed by atoms with Crippen molar-refractivity contribution in [2.75, 3.05) is 0 Å². The Morgan fingerprint density at radius 1 is 1.35 bits per heavy atom. The van der Waals surface area contributed by atoms with E-state index in [0.29, 0.717) is 6.42 Å². The molecule has 1 saturated heterocycles. The molecule has 0 aromatic heterocycles. The van der Waals surface area contributed by atoms with Gasteiger partial charge in [0.05, 0.1) is 0 Å². The van der Waals surface area contributed by atoms with E-state index in [1.807, 2.05) is 34.6 Å². The second-order valence-corrected chi connectivity index (χ2v) is 5.29. The first-order valence-electron chi connectivity index (χ1n) is 6.52. The quantitative estimate of drug-likeness (QED) is 0.813. The van der Waals surface area contributed by atoms with Crippen molar-refractivity contribution >= 4 is 11.8 Å². The molecule has 17 heavy (non-hydrogen) atoms. The number of amides is 2. The minimum atomic E-state index is -0.731. The normalized spacial score (nSPS) is 29.8. The van der Waals surface area contributed by atoms with Crippen LogP contribution in [0.15, 0.2) is 0 Å². The summed E-state index contributed by atoms with van der Waals surface area (Å²) in [5.74, 6) is 0.0394. The maximum atomic E-state index is 12.5. The molecule has 2 amide bonds. The average Bonchev–Trinajstić information content (AvgIpc) is 2.25. The van der Waals surface area contributed by atoms with Crippen molar-refractivity contribution < 1.29 is 9.59 Å². The lowest BCUT2D eigenvalue weighted by atomic mass is 9.89. The molecule has 1 rings (SSSR count). The van der Waals surface area contributed by atoms with Crippen LogP contribution in [0.5, 0.6) is 0 Å². The number of nitrogens with one attached hydrogen (secondary N) is 1.